The zero-order valence-corrected chi connectivity index (χ0v) is 11.9. The average Bonchev–Trinajstić information content (AvgIpc) is 2.66. The molecule has 2 heterocycles. The third-order valence-electron chi connectivity index (χ3n) is 3.93. The zero-order chi connectivity index (χ0) is 15.3. The van der Waals surface area contributed by atoms with E-state index >= 15 is 0 Å². The third kappa shape index (κ3) is 3.92. The van der Waals surface area contributed by atoms with E-state index in [0.717, 1.165) is 19.5 Å². The number of nitrogens with one attached hydrogen (secondary N) is 2. The summed E-state index contributed by atoms with van der Waals surface area (Å²) in [4.78, 5) is 39.6. The average molecular weight is 299 g/mol. The lowest BCUT2D eigenvalue weighted by Crippen LogP contribution is -2.51. The number of rotatable bonds is 4. The van der Waals surface area contributed by atoms with Crippen molar-refractivity contribution in [3.8, 4) is 0 Å². The van der Waals surface area contributed by atoms with E-state index in [1.807, 2.05) is 0 Å². The molecule has 0 spiro atoms. The lowest BCUT2D eigenvalue weighted by atomic mass is 9.87. The van der Waals surface area contributed by atoms with Crippen LogP contribution in [0.15, 0.2) is 0 Å². The Morgan fingerprint density at radius 3 is 2.67 bits per heavy atom. The number of amides is 3. The molecule has 2 rings (SSSR count). The summed E-state index contributed by atoms with van der Waals surface area (Å²) in [6, 6.07) is 0. The van der Waals surface area contributed by atoms with E-state index in [1.54, 1.807) is 0 Å². The van der Waals surface area contributed by atoms with Crippen LogP contribution in [-0.4, -0.2) is 53.3 Å². The van der Waals surface area contributed by atoms with Gasteiger partial charge < -0.3 is 20.6 Å². The van der Waals surface area contributed by atoms with E-state index in [9.17, 15) is 19.5 Å². The number of carbonyl (C=O) groups excluding carboxylic acids is 3. The van der Waals surface area contributed by atoms with Crippen molar-refractivity contribution >= 4 is 17.9 Å². The van der Waals surface area contributed by atoms with Gasteiger partial charge in [-0.15, -0.1) is 5.06 Å². The first-order valence-corrected chi connectivity index (χ1v) is 7.24. The molecular formula is C13H21N3O5. The van der Waals surface area contributed by atoms with Crippen molar-refractivity contribution in [2.45, 2.75) is 44.1 Å². The molecular weight excluding hydrogens is 278 g/mol. The predicted molar refractivity (Wildman–Crippen MR) is 71.9 cm³/mol. The van der Waals surface area contributed by atoms with Crippen LogP contribution in [0.3, 0.4) is 0 Å². The van der Waals surface area contributed by atoms with Crippen molar-refractivity contribution in [1.82, 2.24) is 15.7 Å². The summed E-state index contributed by atoms with van der Waals surface area (Å²) in [5, 5.41) is 15.7. The molecule has 2 saturated heterocycles. The molecule has 118 valence electrons. The van der Waals surface area contributed by atoms with Crippen LogP contribution < -0.4 is 10.6 Å². The summed E-state index contributed by atoms with van der Waals surface area (Å²) in [7, 11) is 0. The first-order valence-electron chi connectivity index (χ1n) is 7.24. The molecule has 0 unspecified atom stereocenters. The maximum absolute atomic E-state index is 12.0. The van der Waals surface area contributed by atoms with E-state index in [4.69, 9.17) is 4.84 Å². The standard InChI is InChI=1S/C13H21N3O5/c17-9-6-13(4-1-7-14-8-5-13)15-12(20)21-16-10(18)2-3-11(16)19/h14,17H,1-9H2,(H,15,20)/t13-/m0/s1. The Morgan fingerprint density at radius 2 is 2.00 bits per heavy atom. The largest absolute Gasteiger partial charge is 0.432 e. The number of aliphatic hydroxyl groups excluding tert-OH is 1. The molecule has 8 nitrogen and oxygen atoms in total. The third-order valence-corrected chi connectivity index (χ3v) is 3.93. The van der Waals surface area contributed by atoms with Gasteiger partial charge >= 0.3 is 6.09 Å². The number of hydroxylamine groups is 2. The normalized spacial score (nSPS) is 26.6. The van der Waals surface area contributed by atoms with Gasteiger partial charge in [-0.05, 0) is 38.8 Å². The van der Waals surface area contributed by atoms with Gasteiger partial charge in [0, 0.05) is 25.0 Å². The van der Waals surface area contributed by atoms with Gasteiger partial charge in [-0.3, -0.25) is 9.59 Å². The summed E-state index contributed by atoms with van der Waals surface area (Å²) in [5.74, 6) is -1.01. The number of aliphatic hydroxyl groups is 1. The first kappa shape index (κ1) is 15.7. The van der Waals surface area contributed by atoms with Crippen LogP contribution in [0.2, 0.25) is 0 Å². The van der Waals surface area contributed by atoms with Crippen LogP contribution in [-0.2, 0) is 14.4 Å². The lowest BCUT2D eigenvalue weighted by molar-refractivity contribution is -0.172. The minimum atomic E-state index is -0.825. The molecule has 3 amide bonds. The van der Waals surface area contributed by atoms with Crippen molar-refractivity contribution in [1.29, 1.82) is 0 Å². The van der Waals surface area contributed by atoms with Gasteiger partial charge in [0.1, 0.15) is 0 Å². The Kier molecular flexibility index (Phi) is 5.13. The van der Waals surface area contributed by atoms with Crippen LogP contribution in [0, 0.1) is 0 Å². The summed E-state index contributed by atoms with van der Waals surface area (Å²) in [6.07, 6.45) is 1.94. The number of hydrogen-bond acceptors (Lipinski definition) is 6. The number of imide groups is 1. The fourth-order valence-electron chi connectivity index (χ4n) is 2.76. The topological polar surface area (TPSA) is 108 Å². The highest BCUT2D eigenvalue weighted by atomic mass is 16.7. The van der Waals surface area contributed by atoms with Crippen LogP contribution in [0.4, 0.5) is 4.79 Å². The molecule has 0 radical (unpaired) electrons. The number of nitrogens with zero attached hydrogens (tertiary/aromatic N) is 1. The van der Waals surface area contributed by atoms with E-state index in [-0.39, 0.29) is 19.4 Å². The summed E-state index contributed by atoms with van der Waals surface area (Å²) in [6.45, 7) is 1.52. The molecule has 3 N–H and O–H groups in total. The van der Waals surface area contributed by atoms with Gasteiger partial charge in [0.15, 0.2) is 0 Å². The molecule has 8 heteroatoms. The van der Waals surface area contributed by atoms with Crippen LogP contribution in [0.5, 0.6) is 0 Å². The molecule has 2 aliphatic heterocycles. The lowest BCUT2D eigenvalue weighted by Gasteiger charge is -2.33. The van der Waals surface area contributed by atoms with Crippen molar-refractivity contribution in [3.63, 3.8) is 0 Å². The fourth-order valence-corrected chi connectivity index (χ4v) is 2.76. The SMILES string of the molecule is O=C(N[C@@]1(CCO)CCCNCC1)ON1C(=O)CCC1=O. The zero-order valence-electron chi connectivity index (χ0n) is 11.9. The summed E-state index contributed by atoms with van der Waals surface area (Å²) < 4.78 is 0. The Bertz CT molecular complexity index is 402. The van der Waals surface area contributed by atoms with E-state index in [1.165, 1.54) is 0 Å². The summed E-state index contributed by atoms with van der Waals surface area (Å²) in [5.41, 5.74) is -0.568. The maximum atomic E-state index is 12.0. The van der Waals surface area contributed by atoms with Gasteiger partial charge in [-0.2, -0.15) is 0 Å². The fraction of sp³-hybridized carbons (Fsp3) is 0.769. The monoisotopic (exact) mass is 299 g/mol. The van der Waals surface area contributed by atoms with E-state index in [0.29, 0.717) is 24.3 Å². The molecule has 0 aromatic heterocycles. The highest BCUT2D eigenvalue weighted by molar-refractivity contribution is 6.01. The second-order valence-corrected chi connectivity index (χ2v) is 5.44. The molecule has 2 aliphatic rings. The smallest absolute Gasteiger partial charge is 0.396 e. The van der Waals surface area contributed by atoms with Crippen LogP contribution in [0.25, 0.3) is 0 Å². The van der Waals surface area contributed by atoms with Crippen molar-refractivity contribution < 1.29 is 24.3 Å². The predicted octanol–water partition coefficient (Wildman–Crippen LogP) is -0.329. The van der Waals surface area contributed by atoms with Gasteiger partial charge in [0.25, 0.3) is 11.8 Å². The molecule has 0 aliphatic carbocycles. The summed E-state index contributed by atoms with van der Waals surface area (Å²) >= 11 is 0. The maximum Gasteiger partial charge on any atom is 0.432 e. The molecule has 2 fully saturated rings. The quantitative estimate of drug-likeness (QED) is 0.614. The minimum absolute atomic E-state index is 0.0537. The van der Waals surface area contributed by atoms with E-state index < -0.39 is 23.4 Å². The van der Waals surface area contributed by atoms with Crippen LogP contribution >= 0.6 is 0 Å². The van der Waals surface area contributed by atoms with Crippen molar-refractivity contribution in [2.24, 2.45) is 0 Å². The molecule has 0 saturated carbocycles. The first-order chi connectivity index (χ1) is 10.1. The van der Waals surface area contributed by atoms with Gasteiger partial charge in [0.05, 0.1) is 0 Å². The number of hydrogen-bond donors (Lipinski definition) is 3. The molecule has 0 bridgehead atoms. The van der Waals surface area contributed by atoms with Crippen LogP contribution in [0.1, 0.15) is 38.5 Å². The van der Waals surface area contributed by atoms with Crippen molar-refractivity contribution in [2.75, 3.05) is 19.7 Å². The Hall–Kier alpha value is -1.67. The molecule has 0 aromatic rings. The Morgan fingerprint density at radius 1 is 1.29 bits per heavy atom. The molecule has 1 atom stereocenters. The van der Waals surface area contributed by atoms with Gasteiger partial charge in [0.2, 0.25) is 0 Å². The Labute approximate surface area is 122 Å². The second kappa shape index (κ2) is 6.86. The Balaban J connectivity index is 1.97. The molecule has 21 heavy (non-hydrogen) atoms. The minimum Gasteiger partial charge on any atom is -0.396 e. The van der Waals surface area contributed by atoms with Gasteiger partial charge in [-0.1, -0.05) is 0 Å². The number of carbonyl (C=O) groups is 3. The van der Waals surface area contributed by atoms with E-state index in [2.05, 4.69) is 10.6 Å². The second-order valence-electron chi connectivity index (χ2n) is 5.44. The van der Waals surface area contributed by atoms with Gasteiger partial charge in [-0.25, -0.2) is 4.79 Å². The van der Waals surface area contributed by atoms with Crippen molar-refractivity contribution in [3.05, 3.63) is 0 Å². The highest BCUT2D eigenvalue weighted by Gasteiger charge is 2.36. The highest BCUT2D eigenvalue weighted by Crippen LogP contribution is 2.24. The molecule has 0 aromatic carbocycles.